The first-order chi connectivity index (χ1) is 8.17. The van der Waals surface area contributed by atoms with Crippen LogP contribution in [0.2, 0.25) is 0 Å². The predicted molar refractivity (Wildman–Crippen MR) is 66.0 cm³/mol. The maximum atomic E-state index is 13.2. The summed E-state index contributed by atoms with van der Waals surface area (Å²) in [5.41, 5.74) is 1.40. The van der Waals surface area contributed by atoms with E-state index < -0.39 is 0 Å². The molecule has 1 aliphatic carbocycles. The number of amides is 1. The first kappa shape index (κ1) is 11.8. The van der Waals surface area contributed by atoms with Gasteiger partial charge in [-0.15, -0.1) is 0 Å². The molecule has 2 nitrogen and oxygen atoms in total. The van der Waals surface area contributed by atoms with Gasteiger partial charge in [-0.1, -0.05) is 18.7 Å². The van der Waals surface area contributed by atoms with Crippen LogP contribution in [0.4, 0.5) is 4.39 Å². The van der Waals surface area contributed by atoms with E-state index in [-0.39, 0.29) is 18.1 Å². The van der Waals surface area contributed by atoms with E-state index in [0.29, 0.717) is 17.2 Å². The van der Waals surface area contributed by atoms with Gasteiger partial charge in [0.15, 0.2) is 0 Å². The van der Waals surface area contributed by atoms with Crippen molar-refractivity contribution < 1.29 is 9.18 Å². The highest BCUT2D eigenvalue weighted by molar-refractivity contribution is 5.79. The number of carbonyl (C=O) groups is 1. The van der Waals surface area contributed by atoms with E-state index in [1.807, 2.05) is 0 Å². The molecule has 0 radical (unpaired) electrons. The molecule has 2 rings (SSSR count). The standard InChI is InChI=1S/C14H16FNO/c1-2-10-6-11(8-12(15)7-10)9-14(17)16-13-4-3-5-13/h2,6-8,13H,1,3-5,9H2,(H,16,17). The zero-order valence-corrected chi connectivity index (χ0v) is 9.71. The lowest BCUT2D eigenvalue weighted by atomic mass is 9.93. The number of hydrogen-bond donors (Lipinski definition) is 1. The molecule has 1 N–H and O–H groups in total. The second kappa shape index (κ2) is 5.13. The third kappa shape index (κ3) is 3.16. The fraction of sp³-hybridized carbons (Fsp3) is 0.357. The molecule has 3 heteroatoms. The van der Waals surface area contributed by atoms with Crippen molar-refractivity contribution in [3.63, 3.8) is 0 Å². The van der Waals surface area contributed by atoms with Crippen molar-refractivity contribution in [1.29, 1.82) is 0 Å². The summed E-state index contributed by atoms with van der Waals surface area (Å²) in [7, 11) is 0. The quantitative estimate of drug-likeness (QED) is 0.851. The van der Waals surface area contributed by atoms with E-state index in [9.17, 15) is 9.18 Å². The molecule has 0 heterocycles. The molecule has 0 unspecified atom stereocenters. The van der Waals surface area contributed by atoms with Crippen LogP contribution in [0.1, 0.15) is 30.4 Å². The summed E-state index contributed by atoms with van der Waals surface area (Å²) in [6.45, 7) is 3.60. The van der Waals surface area contributed by atoms with Gasteiger partial charge in [-0.05, 0) is 42.5 Å². The van der Waals surface area contributed by atoms with E-state index in [2.05, 4.69) is 11.9 Å². The first-order valence-electron chi connectivity index (χ1n) is 5.88. The molecule has 1 saturated carbocycles. The smallest absolute Gasteiger partial charge is 0.224 e. The van der Waals surface area contributed by atoms with E-state index >= 15 is 0 Å². The minimum atomic E-state index is -0.325. The lowest BCUT2D eigenvalue weighted by Gasteiger charge is -2.26. The third-order valence-electron chi connectivity index (χ3n) is 3.05. The molecule has 1 fully saturated rings. The Kier molecular flexibility index (Phi) is 3.57. The number of nitrogens with one attached hydrogen (secondary N) is 1. The summed E-state index contributed by atoms with van der Waals surface area (Å²) in [5, 5.41) is 2.93. The Balaban J connectivity index is 1.99. The topological polar surface area (TPSA) is 29.1 Å². The van der Waals surface area contributed by atoms with E-state index in [1.165, 1.54) is 18.6 Å². The van der Waals surface area contributed by atoms with Crippen molar-refractivity contribution >= 4 is 12.0 Å². The largest absolute Gasteiger partial charge is 0.353 e. The van der Waals surface area contributed by atoms with Gasteiger partial charge in [0.1, 0.15) is 5.82 Å². The predicted octanol–water partition coefficient (Wildman–Crippen LogP) is 2.68. The van der Waals surface area contributed by atoms with Crippen LogP contribution in [-0.2, 0) is 11.2 Å². The van der Waals surface area contributed by atoms with Crippen molar-refractivity contribution in [3.05, 3.63) is 41.7 Å². The molecule has 0 bridgehead atoms. The van der Waals surface area contributed by atoms with E-state index in [0.717, 1.165) is 12.8 Å². The molecule has 0 atom stereocenters. The Morgan fingerprint density at radius 1 is 1.47 bits per heavy atom. The Bertz CT molecular complexity index is 438. The first-order valence-corrected chi connectivity index (χ1v) is 5.88. The maximum absolute atomic E-state index is 13.2. The van der Waals surface area contributed by atoms with Gasteiger partial charge in [0.05, 0.1) is 6.42 Å². The molecule has 17 heavy (non-hydrogen) atoms. The van der Waals surface area contributed by atoms with E-state index in [1.54, 1.807) is 12.1 Å². The van der Waals surface area contributed by atoms with Gasteiger partial charge in [-0.3, -0.25) is 4.79 Å². The molecule has 90 valence electrons. The summed E-state index contributed by atoms with van der Waals surface area (Å²) >= 11 is 0. The zero-order valence-electron chi connectivity index (χ0n) is 9.71. The molecular formula is C14H16FNO. The van der Waals surface area contributed by atoms with Crippen LogP contribution in [0, 0.1) is 5.82 Å². The Morgan fingerprint density at radius 2 is 2.24 bits per heavy atom. The van der Waals surface area contributed by atoms with Crippen molar-refractivity contribution in [2.75, 3.05) is 0 Å². The second-order valence-corrected chi connectivity index (χ2v) is 4.47. The lowest BCUT2D eigenvalue weighted by Crippen LogP contribution is -2.40. The Morgan fingerprint density at radius 3 is 2.82 bits per heavy atom. The molecule has 0 aliphatic heterocycles. The minimum Gasteiger partial charge on any atom is -0.353 e. The summed E-state index contributed by atoms with van der Waals surface area (Å²) < 4.78 is 13.2. The van der Waals surface area contributed by atoms with Gasteiger partial charge in [0, 0.05) is 6.04 Å². The van der Waals surface area contributed by atoms with E-state index in [4.69, 9.17) is 0 Å². The summed E-state index contributed by atoms with van der Waals surface area (Å²) in [6, 6.07) is 4.92. The highest BCUT2D eigenvalue weighted by atomic mass is 19.1. The monoisotopic (exact) mass is 233 g/mol. The zero-order chi connectivity index (χ0) is 12.3. The van der Waals surface area contributed by atoms with Gasteiger partial charge in [-0.25, -0.2) is 4.39 Å². The van der Waals surface area contributed by atoms with Crippen LogP contribution in [0.5, 0.6) is 0 Å². The van der Waals surface area contributed by atoms with Gasteiger partial charge in [0.2, 0.25) is 5.91 Å². The lowest BCUT2D eigenvalue weighted by molar-refractivity contribution is -0.121. The van der Waals surface area contributed by atoms with Crippen molar-refractivity contribution in [3.8, 4) is 0 Å². The highest BCUT2D eigenvalue weighted by Gasteiger charge is 2.19. The van der Waals surface area contributed by atoms with Crippen LogP contribution in [0.3, 0.4) is 0 Å². The average Bonchev–Trinajstić information content (AvgIpc) is 2.22. The fourth-order valence-electron chi connectivity index (χ4n) is 1.91. The number of benzene rings is 1. The molecule has 1 aliphatic rings. The molecule has 1 aromatic carbocycles. The van der Waals surface area contributed by atoms with Crippen molar-refractivity contribution in [2.45, 2.75) is 31.7 Å². The molecular weight excluding hydrogens is 217 g/mol. The number of carbonyl (C=O) groups excluding carboxylic acids is 1. The molecule has 0 aromatic heterocycles. The van der Waals surface area contributed by atoms with Crippen LogP contribution >= 0.6 is 0 Å². The second-order valence-electron chi connectivity index (χ2n) is 4.47. The van der Waals surface area contributed by atoms with Crippen LogP contribution in [0.15, 0.2) is 24.8 Å². The van der Waals surface area contributed by atoms with Crippen molar-refractivity contribution in [1.82, 2.24) is 5.32 Å². The number of halogens is 1. The minimum absolute atomic E-state index is 0.0321. The number of rotatable bonds is 4. The van der Waals surface area contributed by atoms with Gasteiger partial charge >= 0.3 is 0 Å². The van der Waals surface area contributed by atoms with Crippen LogP contribution < -0.4 is 5.32 Å². The summed E-state index contributed by atoms with van der Waals surface area (Å²) in [6.07, 6.45) is 5.12. The summed E-state index contributed by atoms with van der Waals surface area (Å²) in [4.78, 5) is 11.7. The Hall–Kier alpha value is -1.64. The number of hydrogen-bond acceptors (Lipinski definition) is 1. The molecule has 0 spiro atoms. The third-order valence-corrected chi connectivity index (χ3v) is 3.05. The van der Waals surface area contributed by atoms with Crippen LogP contribution in [0.25, 0.3) is 6.08 Å². The molecule has 1 aromatic rings. The van der Waals surface area contributed by atoms with Crippen LogP contribution in [-0.4, -0.2) is 11.9 Å². The average molecular weight is 233 g/mol. The normalized spacial score (nSPS) is 15.1. The Labute approximate surface area is 101 Å². The molecule has 0 saturated heterocycles. The summed E-state index contributed by atoms with van der Waals surface area (Å²) in [5.74, 6) is -0.357. The van der Waals surface area contributed by atoms with Gasteiger partial charge in [-0.2, -0.15) is 0 Å². The maximum Gasteiger partial charge on any atom is 0.224 e. The van der Waals surface area contributed by atoms with Gasteiger partial charge in [0.25, 0.3) is 0 Å². The van der Waals surface area contributed by atoms with Crippen molar-refractivity contribution in [2.24, 2.45) is 0 Å². The SMILES string of the molecule is C=Cc1cc(F)cc(CC(=O)NC2CCC2)c1. The van der Waals surface area contributed by atoms with Gasteiger partial charge < -0.3 is 5.32 Å². The fourth-order valence-corrected chi connectivity index (χ4v) is 1.91. The molecule has 1 amide bonds. The highest BCUT2D eigenvalue weighted by Crippen LogP contribution is 2.18.